The van der Waals surface area contributed by atoms with E-state index in [1.165, 1.54) is 6.20 Å². The van der Waals surface area contributed by atoms with E-state index < -0.39 is 0 Å². The molecule has 0 aliphatic rings. The van der Waals surface area contributed by atoms with E-state index in [2.05, 4.69) is 31.9 Å². The van der Waals surface area contributed by atoms with E-state index in [-0.39, 0.29) is 0 Å². The van der Waals surface area contributed by atoms with Crippen LogP contribution >= 0.6 is 0 Å². The van der Waals surface area contributed by atoms with Gasteiger partial charge in [-0.05, 0) is 30.3 Å². The van der Waals surface area contributed by atoms with Crippen LogP contribution in [0.2, 0.25) is 0 Å². The van der Waals surface area contributed by atoms with Crippen molar-refractivity contribution in [1.82, 2.24) is 15.2 Å². The number of hydrogen-bond donors (Lipinski definition) is 2. The number of aromatic nitrogens is 3. The fraction of sp³-hybridized carbons (Fsp3) is 0.111. The van der Waals surface area contributed by atoms with Gasteiger partial charge in [0.15, 0.2) is 5.82 Å². The topological polar surface area (TPSA) is 105 Å². The van der Waals surface area contributed by atoms with Crippen LogP contribution in [0, 0.1) is 11.3 Å². The summed E-state index contributed by atoms with van der Waals surface area (Å²) in [5.41, 5.74) is 1.92. The third-order valence-corrected chi connectivity index (χ3v) is 3.48. The molecule has 26 heavy (non-hydrogen) atoms. The van der Waals surface area contributed by atoms with E-state index in [0.29, 0.717) is 40.2 Å². The van der Waals surface area contributed by atoms with Crippen molar-refractivity contribution in [3.05, 3.63) is 54.2 Å². The Morgan fingerprint density at radius 3 is 2.69 bits per heavy atom. The fourth-order valence-corrected chi connectivity index (χ4v) is 2.26. The standard InChI is InChI=1S/C18H16N6O2/c1-25-14-6-7-16(26-2)15(9-14)22-17-11-20-24-18(23-17)21-13-5-3-4-12(8-13)10-19/h3-9,11H,1-2H3,(H2,21,22,23,24). The smallest absolute Gasteiger partial charge is 0.249 e. The molecule has 130 valence electrons. The number of ether oxygens (including phenoxy) is 2. The Balaban J connectivity index is 1.82. The number of rotatable bonds is 6. The maximum absolute atomic E-state index is 8.98. The van der Waals surface area contributed by atoms with Crippen LogP contribution in [0.1, 0.15) is 5.56 Å². The Morgan fingerprint density at radius 1 is 1.04 bits per heavy atom. The quantitative estimate of drug-likeness (QED) is 0.699. The number of nitrogens with zero attached hydrogens (tertiary/aromatic N) is 4. The molecular formula is C18H16N6O2. The third-order valence-electron chi connectivity index (χ3n) is 3.48. The lowest BCUT2D eigenvalue weighted by atomic mass is 10.2. The molecule has 0 saturated carbocycles. The number of nitrogens with one attached hydrogen (secondary N) is 2. The van der Waals surface area contributed by atoms with Crippen LogP contribution in [0.3, 0.4) is 0 Å². The molecular weight excluding hydrogens is 332 g/mol. The summed E-state index contributed by atoms with van der Waals surface area (Å²) < 4.78 is 10.6. The van der Waals surface area contributed by atoms with Gasteiger partial charge >= 0.3 is 0 Å². The lowest BCUT2D eigenvalue weighted by Crippen LogP contribution is -2.03. The van der Waals surface area contributed by atoms with E-state index in [1.54, 1.807) is 50.6 Å². The van der Waals surface area contributed by atoms with Gasteiger partial charge in [0, 0.05) is 11.8 Å². The molecule has 0 unspecified atom stereocenters. The first-order chi connectivity index (χ1) is 12.7. The summed E-state index contributed by atoms with van der Waals surface area (Å²) in [5.74, 6) is 2.10. The van der Waals surface area contributed by atoms with Crippen LogP contribution < -0.4 is 20.1 Å². The molecule has 2 N–H and O–H groups in total. The minimum atomic E-state index is 0.298. The minimum Gasteiger partial charge on any atom is -0.497 e. The second-order valence-electron chi connectivity index (χ2n) is 5.17. The summed E-state index contributed by atoms with van der Waals surface area (Å²) in [7, 11) is 3.18. The van der Waals surface area contributed by atoms with E-state index in [4.69, 9.17) is 14.7 Å². The summed E-state index contributed by atoms with van der Waals surface area (Å²) in [6.45, 7) is 0. The molecule has 2 aromatic carbocycles. The molecule has 3 aromatic rings. The van der Waals surface area contributed by atoms with Crippen molar-refractivity contribution >= 4 is 23.1 Å². The first kappa shape index (κ1) is 17.0. The van der Waals surface area contributed by atoms with Crippen LogP contribution in [0.4, 0.5) is 23.1 Å². The third kappa shape index (κ3) is 3.96. The Kier molecular flexibility index (Phi) is 5.10. The van der Waals surface area contributed by atoms with Gasteiger partial charge in [-0.2, -0.15) is 15.3 Å². The van der Waals surface area contributed by atoms with Gasteiger partial charge < -0.3 is 20.1 Å². The first-order valence-electron chi connectivity index (χ1n) is 7.68. The van der Waals surface area contributed by atoms with Crippen molar-refractivity contribution < 1.29 is 9.47 Å². The van der Waals surface area contributed by atoms with Crippen molar-refractivity contribution in [3.63, 3.8) is 0 Å². The van der Waals surface area contributed by atoms with Gasteiger partial charge in [-0.1, -0.05) is 6.07 Å². The summed E-state index contributed by atoms with van der Waals surface area (Å²) in [6, 6.07) is 14.5. The summed E-state index contributed by atoms with van der Waals surface area (Å²) >= 11 is 0. The van der Waals surface area contributed by atoms with Gasteiger partial charge in [0.05, 0.1) is 37.7 Å². The molecule has 0 atom stereocenters. The van der Waals surface area contributed by atoms with Crippen LogP contribution in [-0.4, -0.2) is 29.4 Å². The van der Waals surface area contributed by atoms with Gasteiger partial charge in [0.25, 0.3) is 0 Å². The van der Waals surface area contributed by atoms with Crippen LogP contribution in [0.25, 0.3) is 0 Å². The zero-order valence-corrected chi connectivity index (χ0v) is 14.2. The van der Waals surface area contributed by atoms with Crippen molar-refractivity contribution in [2.75, 3.05) is 24.9 Å². The molecule has 0 radical (unpaired) electrons. The Morgan fingerprint density at radius 2 is 1.92 bits per heavy atom. The van der Waals surface area contributed by atoms with Gasteiger partial charge in [-0.15, -0.1) is 5.10 Å². The second kappa shape index (κ2) is 7.81. The monoisotopic (exact) mass is 348 g/mol. The predicted molar refractivity (Wildman–Crippen MR) is 97.1 cm³/mol. The van der Waals surface area contributed by atoms with Crippen molar-refractivity contribution in [2.24, 2.45) is 0 Å². The zero-order valence-electron chi connectivity index (χ0n) is 14.2. The molecule has 0 bridgehead atoms. The molecule has 0 aliphatic heterocycles. The van der Waals surface area contributed by atoms with Crippen LogP contribution in [-0.2, 0) is 0 Å². The fourth-order valence-electron chi connectivity index (χ4n) is 2.26. The summed E-state index contributed by atoms with van der Waals surface area (Å²) in [6.07, 6.45) is 1.50. The number of hydrogen-bond acceptors (Lipinski definition) is 8. The molecule has 1 aromatic heterocycles. The predicted octanol–water partition coefficient (Wildman–Crippen LogP) is 3.25. The molecule has 8 nitrogen and oxygen atoms in total. The molecule has 1 heterocycles. The lowest BCUT2D eigenvalue weighted by Gasteiger charge is -2.12. The van der Waals surface area contributed by atoms with E-state index in [1.807, 2.05) is 6.07 Å². The SMILES string of the molecule is COc1ccc(OC)c(Nc2cnnc(Nc3cccc(C#N)c3)n2)c1. The Labute approximate surface area is 150 Å². The average molecular weight is 348 g/mol. The Bertz CT molecular complexity index is 954. The maximum Gasteiger partial charge on any atom is 0.249 e. The van der Waals surface area contributed by atoms with Gasteiger partial charge in [-0.3, -0.25) is 0 Å². The highest BCUT2D eigenvalue weighted by molar-refractivity contribution is 5.66. The summed E-state index contributed by atoms with van der Waals surface area (Å²) in [4.78, 5) is 4.37. The Hall–Kier alpha value is -3.86. The second-order valence-corrected chi connectivity index (χ2v) is 5.17. The molecule has 0 saturated heterocycles. The molecule has 3 rings (SSSR count). The average Bonchev–Trinajstić information content (AvgIpc) is 2.68. The van der Waals surface area contributed by atoms with Crippen LogP contribution in [0.15, 0.2) is 48.7 Å². The highest BCUT2D eigenvalue weighted by atomic mass is 16.5. The number of nitriles is 1. The molecule has 0 spiro atoms. The largest absolute Gasteiger partial charge is 0.497 e. The molecule has 0 fully saturated rings. The minimum absolute atomic E-state index is 0.298. The molecule has 0 amide bonds. The van der Waals surface area contributed by atoms with Crippen molar-refractivity contribution in [2.45, 2.75) is 0 Å². The summed E-state index contributed by atoms with van der Waals surface area (Å²) in [5, 5.41) is 23.0. The lowest BCUT2D eigenvalue weighted by molar-refractivity contribution is 0.405. The van der Waals surface area contributed by atoms with E-state index >= 15 is 0 Å². The zero-order chi connectivity index (χ0) is 18.4. The number of anilines is 4. The molecule has 0 aliphatic carbocycles. The van der Waals surface area contributed by atoms with Crippen LogP contribution in [0.5, 0.6) is 11.5 Å². The number of methoxy groups -OCH3 is 2. The first-order valence-corrected chi connectivity index (χ1v) is 7.68. The maximum atomic E-state index is 8.98. The van der Waals surface area contributed by atoms with Gasteiger partial charge in [0.2, 0.25) is 5.95 Å². The molecule has 8 heteroatoms. The highest BCUT2D eigenvalue weighted by Gasteiger charge is 2.08. The highest BCUT2D eigenvalue weighted by Crippen LogP contribution is 2.31. The van der Waals surface area contributed by atoms with Gasteiger partial charge in [-0.25, -0.2) is 0 Å². The van der Waals surface area contributed by atoms with E-state index in [0.717, 1.165) is 0 Å². The van der Waals surface area contributed by atoms with Gasteiger partial charge in [0.1, 0.15) is 11.5 Å². The van der Waals surface area contributed by atoms with Crippen molar-refractivity contribution in [1.29, 1.82) is 5.26 Å². The normalized spacial score (nSPS) is 9.88. The van der Waals surface area contributed by atoms with E-state index in [9.17, 15) is 0 Å². The van der Waals surface area contributed by atoms with Crippen molar-refractivity contribution in [3.8, 4) is 17.6 Å². The number of benzene rings is 2.